The van der Waals surface area contributed by atoms with Gasteiger partial charge in [0.05, 0.1) is 5.52 Å². The largest absolute Gasteiger partial charge is 0.328 e. The van der Waals surface area contributed by atoms with Crippen molar-refractivity contribution in [3.8, 4) is 0 Å². The molecule has 0 saturated heterocycles. The van der Waals surface area contributed by atoms with E-state index >= 15 is 0 Å². The zero-order valence-corrected chi connectivity index (χ0v) is 9.60. The van der Waals surface area contributed by atoms with Crippen LogP contribution in [0.5, 0.6) is 0 Å². The fourth-order valence-electron chi connectivity index (χ4n) is 2.66. The third-order valence-electron chi connectivity index (χ3n) is 3.58. The highest BCUT2D eigenvalue weighted by atomic mass is 16.1. The molecule has 0 bridgehead atoms. The average Bonchev–Trinajstić information content (AvgIpc) is 2.66. The second-order valence-corrected chi connectivity index (χ2v) is 4.74. The molecule has 0 aliphatic heterocycles. The number of nitrogens with one attached hydrogen (secondary N) is 1. The summed E-state index contributed by atoms with van der Waals surface area (Å²) in [5.74, 6) is 0. The van der Waals surface area contributed by atoms with E-state index in [0.29, 0.717) is 6.04 Å². The van der Waals surface area contributed by atoms with Crippen LogP contribution in [0, 0.1) is 0 Å². The summed E-state index contributed by atoms with van der Waals surface area (Å²) in [6, 6.07) is 4.25. The molecule has 0 atom stereocenters. The smallest absolute Gasteiger partial charge is 0.327 e. The monoisotopic (exact) mass is 232 g/mol. The van der Waals surface area contributed by atoms with Crippen molar-refractivity contribution in [2.45, 2.75) is 37.8 Å². The summed E-state index contributed by atoms with van der Waals surface area (Å²) in [6.07, 6.45) is 5.61. The van der Waals surface area contributed by atoms with Gasteiger partial charge >= 0.3 is 5.69 Å². The quantitative estimate of drug-likeness (QED) is 0.774. The van der Waals surface area contributed by atoms with Gasteiger partial charge in [0.1, 0.15) is 0 Å². The highest BCUT2D eigenvalue weighted by Crippen LogP contribution is 2.28. The summed E-state index contributed by atoms with van der Waals surface area (Å²) in [4.78, 5) is 19.1. The zero-order chi connectivity index (χ0) is 11.8. The van der Waals surface area contributed by atoms with Crippen molar-refractivity contribution < 1.29 is 0 Å². The van der Waals surface area contributed by atoms with Crippen molar-refractivity contribution in [3.05, 3.63) is 28.8 Å². The Labute approximate surface area is 98.7 Å². The number of aromatic amines is 1. The van der Waals surface area contributed by atoms with Crippen LogP contribution in [0.25, 0.3) is 11.2 Å². The van der Waals surface area contributed by atoms with Gasteiger partial charge in [-0.25, -0.2) is 9.78 Å². The lowest BCUT2D eigenvalue weighted by atomic mass is 9.92. The van der Waals surface area contributed by atoms with Gasteiger partial charge in [-0.1, -0.05) is 0 Å². The summed E-state index contributed by atoms with van der Waals surface area (Å²) in [7, 11) is 0. The maximum Gasteiger partial charge on any atom is 0.327 e. The topological polar surface area (TPSA) is 76.7 Å². The van der Waals surface area contributed by atoms with Gasteiger partial charge in [0.25, 0.3) is 0 Å². The Kier molecular flexibility index (Phi) is 2.48. The van der Waals surface area contributed by atoms with Gasteiger partial charge in [0, 0.05) is 18.3 Å². The third kappa shape index (κ3) is 1.76. The molecular weight excluding hydrogens is 216 g/mol. The minimum atomic E-state index is -0.0563. The normalized spacial score (nSPS) is 25.2. The van der Waals surface area contributed by atoms with Gasteiger partial charge in [0.15, 0.2) is 5.65 Å². The number of rotatable bonds is 1. The number of nitrogens with zero attached hydrogens (tertiary/aromatic N) is 2. The molecule has 1 fully saturated rings. The van der Waals surface area contributed by atoms with Gasteiger partial charge in [-0.2, -0.15) is 0 Å². The van der Waals surface area contributed by atoms with E-state index in [-0.39, 0.29) is 11.7 Å². The lowest BCUT2D eigenvalue weighted by Crippen LogP contribution is -2.31. The Morgan fingerprint density at radius 2 is 2.12 bits per heavy atom. The molecule has 3 rings (SSSR count). The van der Waals surface area contributed by atoms with Crippen molar-refractivity contribution in [2.75, 3.05) is 0 Å². The number of hydrogen-bond donors (Lipinski definition) is 2. The Balaban J connectivity index is 2.05. The molecular formula is C12H16N4O. The molecule has 0 amide bonds. The molecule has 1 aliphatic rings. The maximum absolute atomic E-state index is 12.0. The van der Waals surface area contributed by atoms with Gasteiger partial charge in [0.2, 0.25) is 0 Å². The predicted molar refractivity (Wildman–Crippen MR) is 65.8 cm³/mol. The number of H-pyrrole nitrogens is 1. The van der Waals surface area contributed by atoms with Crippen LogP contribution in [0.3, 0.4) is 0 Å². The van der Waals surface area contributed by atoms with E-state index in [1.165, 1.54) is 0 Å². The number of fused-ring (bicyclic) bond motifs is 1. The van der Waals surface area contributed by atoms with Crippen LogP contribution in [0.15, 0.2) is 23.1 Å². The fourth-order valence-corrected chi connectivity index (χ4v) is 2.66. The number of hydrogen-bond acceptors (Lipinski definition) is 3. The Morgan fingerprint density at radius 1 is 1.35 bits per heavy atom. The molecule has 2 aromatic heterocycles. The molecule has 3 N–H and O–H groups in total. The Hall–Kier alpha value is -1.62. The molecule has 5 heteroatoms. The minimum absolute atomic E-state index is 0.0563. The lowest BCUT2D eigenvalue weighted by molar-refractivity contribution is 0.323. The van der Waals surface area contributed by atoms with E-state index in [1.807, 2.05) is 12.1 Å². The molecule has 0 aromatic carbocycles. The molecule has 1 aliphatic carbocycles. The van der Waals surface area contributed by atoms with Crippen LogP contribution in [0.4, 0.5) is 0 Å². The SMILES string of the molecule is N[C@H]1CC[C@H](n2c(=O)[nH]c3cccnc32)CC1. The second kappa shape index (κ2) is 4.00. The van der Waals surface area contributed by atoms with Gasteiger partial charge in [-0.3, -0.25) is 4.57 Å². The second-order valence-electron chi connectivity index (χ2n) is 4.74. The number of aromatic nitrogens is 3. The van der Waals surface area contributed by atoms with Crippen LogP contribution < -0.4 is 11.4 Å². The molecule has 2 aromatic rings. The van der Waals surface area contributed by atoms with Crippen LogP contribution in [-0.4, -0.2) is 20.6 Å². The van der Waals surface area contributed by atoms with Crippen molar-refractivity contribution >= 4 is 11.2 Å². The number of pyridine rings is 1. The predicted octanol–water partition coefficient (Wildman–Crippen LogP) is 1.17. The van der Waals surface area contributed by atoms with E-state index in [9.17, 15) is 4.79 Å². The van der Waals surface area contributed by atoms with Gasteiger partial charge in [-0.15, -0.1) is 0 Å². The molecule has 0 unspecified atom stereocenters. The molecule has 5 nitrogen and oxygen atoms in total. The number of nitrogens with two attached hydrogens (primary N) is 1. The average molecular weight is 232 g/mol. The zero-order valence-electron chi connectivity index (χ0n) is 9.60. The molecule has 17 heavy (non-hydrogen) atoms. The summed E-state index contributed by atoms with van der Waals surface area (Å²) in [6.45, 7) is 0. The highest BCUT2D eigenvalue weighted by molar-refractivity contribution is 5.70. The van der Waals surface area contributed by atoms with E-state index in [0.717, 1.165) is 36.8 Å². The lowest BCUT2D eigenvalue weighted by Gasteiger charge is -2.26. The molecule has 90 valence electrons. The summed E-state index contributed by atoms with van der Waals surface area (Å²) >= 11 is 0. The van der Waals surface area contributed by atoms with E-state index in [1.54, 1.807) is 10.8 Å². The van der Waals surface area contributed by atoms with E-state index in [4.69, 9.17) is 5.73 Å². The van der Waals surface area contributed by atoms with Crippen LogP contribution in [0.2, 0.25) is 0 Å². The molecule has 0 radical (unpaired) electrons. The van der Waals surface area contributed by atoms with E-state index in [2.05, 4.69) is 9.97 Å². The van der Waals surface area contributed by atoms with E-state index < -0.39 is 0 Å². The molecule has 2 heterocycles. The summed E-state index contributed by atoms with van der Waals surface area (Å²) in [5.41, 5.74) is 7.41. The Morgan fingerprint density at radius 3 is 2.88 bits per heavy atom. The van der Waals surface area contributed by atoms with Crippen molar-refractivity contribution in [1.29, 1.82) is 0 Å². The van der Waals surface area contributed by atoms with Crippen molar-refractivity contribution in [1.82, 2.24) is 14.5 Å². The van der Waals surface area contributed by atoms with Gasteiger partial charge in [-0.05, 0) is 37.8 Å². The van der Waals surface area contributed by atoms with Crippen molar-refractivity contribution in [2.24, 2.45) is 5.73 Å². The summed E-state index contributed by atoms with van der Waals surface area (Å²) < 4.78 is 1.79. The van der Waals surface area contributed by atoms with Crippen LogP contribution in [0.1, 0.15) is 31.7 Å². The van der Waals surface area contributed by atoms with Crippen molar-refractivity contribution in [3.63, 3.8) is 0 Å². The maximum atomic E-state index is 12.0. The standard InChI is InChI=1S/C12H16N4O/c13-8-3-5-9(6-4-8)16-11-10(15-12(16)17)2-1-7-14-11/h1-2,7-9H,3-6,13H2,(H,15,17)/t8-,9-. The first-order valence-electron chi connectivity index (χ1n) is 6.06. The minimum Gasteiger partial charge on any atom is -0.328 e. The highest BCUT2D eigenvalue weighted by Gasteiger charge is 2.23. The molecule has 1 saturated carbocycles. The fraction of sp³-hybridized carbons (Fsp3) is 0.500. The first-order chi connectivity index (χ1) is 8.25. The third-order valence-corrected chi connectivity index (χ3v) is 3.58. The first-order valence-corrected chi connectivity index (χ1v) is 6.06. The summed E-state index contributed by atoms with van der Waals surface area (Å²) in [5, 5.41) is 0. The Bertz CT molecular complexity index is 577. The van der Waals surface area contributed by atoms with Crippen LogP contribution in [-0.2, 0) is 0 Å². The van der Waals surface area contributed by atoms with Crippen LogP contribution >= 0.6 is 0 Å². The first kappa shape index (κ1) is 10.5. The molecule has 0 spiro atoms. The van der Waals surface area contributed by atoms with Gasteiger partial charge < -0.3 is 10.7 Å². The number of imidazole rings is 1.